The van der Waals surface area contributed by atoms with Crippen LogP contribution in [0, 0.1) is 13.8 Å². The Morgan fingerprint density at radius 1 is 1.36 bits per heavy atom. The van der Waals surface area contributed by atoms with Crippen molar-refractivity contribution in [2.75, 3.05) is 18.4 Å². The van der Waals surface area contributed by atoms with Gasteiger partial charge < -0.3 is 10.2 Å². The smallest absolute Gasteiger partial charge is 0.321 e. The fourth-order valence-corrected chi connectivity index (χ4v) is 3.33. The van der Waals surface area contributed by atoms with Gasteiger partial charge in [0.15, 0.2) is 5.82 Å². The molecule has 0 spiro atoms. The van der Waals surface area contributed by atoms with Gasteiger partial charge in [0.1, 0.15) is 5.82 Å². The predicted octanol–water partition coefficient (Wildman–Crippen LogP) is 2.99. The van der Waals surface area contributed by atoms with Crippen molar-refractivity contribution in [3.8, 4) is 0 Å². The summed E-state index contributed by atoms with van der Waals surface area (Å²) in [6, 6.07) is 7.82. The molecule has 2 amide bonds. The first-order chi connectivity index (χ1) is 12.1. The van der Waals surface area contributed by atoms with E-state index in [1.807, 2.05) is 36.9 Å². The fraction of sp³-hybridized carbons (Fsp3) is 0.333. The van der Waals surface area contributed by atoms with E-state index >= 15 is 0 Å². The van der Waals surface area contributed by atoms with Gasteiger partial charge >= 0.3 is 6.03 Å². The summed E-state index contributed by atoms with van der Waals surface area (Å²) in [5.74, 6) is 1.77. The van der Waals surface area contributed by atoms with Crippen molar-refractivity contribution in [2.24, 2.45) is 0 Å². The molecule has 1 saturated heterocycles. The van der Waals surface area contributed by atoms with Gasteiger partial charge in [-0.1, -0.05) is 6.07 Å². The molecule has 1 aliphatic heterocycles. The molecule has 1 unspecified atom stereocenters. The molecule has 2 aromatic heterocycles. The molecule has 0 aliphatic carbocycles. The van der Waals surface area contributed by atoms with Crippen molar-refractivity contribution < 1.29 is 4.79 Å². The first-order valence-electron chi connectivity index (χ1n) is 8.40. The molecule has 3 aromatic rings. The van der Waals surface area contributed by atoms with E-state index in [0.29, 0.717) is 13.1 Å². The molecule has 0 saturated carbocycles. The number of nitrogens with one attached hydrogen (secondary N) is 2. The third-order valence-corrected chi connectivity index (χ3v) is 4.55. The average Bonchev–Trinajstić information content (AvgIpc) is 3.23. The van der Waals surface area contributed by atoms with Crippen LogP contribution in [0.15, 0.2) is 30.5 Å². The predicted molar refractivity (Wildman–Crippen MR) is 95.5 cm³/mol. The third-order valence-electron chi connectivity index (χ3n) is 4.55. The zero-order valence-electron chi connectivity index (χ0n) is 14.3. The lowest BCUT2D eigenvalue weighted by atomic mass is 10.1. The summed E-state index contributed by atoms with van der Waals surface area (Å²) in [5.41, 5.74) is 2.64. The van der Waals surface area contributed by atoms with Gasteiger partial charge in [0, 0.05) is 30.6 Å². The number of carbonyl (C=O) groups is 1. The molecule has 128 valence electrons. The van der Waals surface area contributed by atoms with Crippen LogP contribution in [0.3, 0.4) is 0 Å². The van der Waals surface area contributed by atoms with Crippen LogP contribution in [0.25, 0.3) is 10.9 Å². The summed E-state index contributed by atoms with van der Waals surface area (Å²) in [4.78, 5) is 23.3. The topological polar surface area (TPSA) is 86.8 Å². The van der Waals surface area contributed by atoms with Crippen LogP contribution in [0.4, 0.5) is 10.5 Å². The Hall–Kier alpha value is -2.96. The zero-order valence-corrected chi connectivity index (χ0v) is 14.3. The third kappa shape index (κ3) is 3.05. The largest absolute Gasteiger partial charge is 0.324 e. The minimum Gasteiger partial charge on any atom is -0.324 e. The molecule has 7 heteroatoms. The number of hydrogen-bond donors (Lipinski definition) is 2. The maximum absolute atomic E-state index is 12.7. The molecule has 4 rings (SSSR count). The molecule has 0 radical (unpaired) electrons. The molecule has 25 heavy (non-hydrogen) atoms. The first-order valence-corrected chi connectivity index (χ1v) is 8.40. The van der Waals surface area contributed by atoms with Crippen LogP contribution in [0.5, 0.6) is 0 Å². The Labute approximate surface area is 145 Å². The molecule has 1 aliphatic rings. The van der Waals surface area contributed by atoms with E-state index in [-0.39, 0.29) is 11.9 Å². The molecule has 1 fully saturated rings. The number of anilines is 1. The van der Waals surface area contributed by atoms with E-state index < -0.39 is 0 Å². The average molecular weight is 336 g/mol. The van der Waals surface area contributed by atoms with Crippen molar-refractivity contribution in [3.63, 3.8) is 0 Å². The number of aromatic amines is 1. The van der Waals surface area contributed by atoms with E-state index in [9.17, 15) is 4.79 Å². The van der Waals surface area contributed by atoms with Crippen LogP contribution in [-0.4, -0.2) is 44.2 Å². The SMILES string of the molecule is Cc1cc(NC(=O)N2CCC(c3n[nH]c(C)n3)C2)c2ncccc2c1. The number of hydrogen-bond acceptors (Lipinski definition) is 4. The number of amides is 2. The summed E-state index contributed by atoms with van der Waals surface area (Å²) in [6.45, 7) is 5.22. The number of H-pyrrole nitrogens is 1. The fourth-order valence-electron chi connectivity index (χ4n) is 3.33. The van der Waals surface area contributed by atoms with Crippen molar-refractivity contribution in [2.45, 2.75) is 26.2 Å². The van der Waals surface area contributed by atoms with Gasteiger partial charge in [-0.15, -0.1) is 0 Å². The molecular formula is C18H20N6O. The number of benzene rings is 1. The second kappa shape index (κ2) is 6.16. The Morgan fingerprint density at radius 3 is 3.04 bits per heavy atom. The summed E-state index contributed by atoms with van der Waals surface area (Å²) in [5, 5.41) is 11.1. The van der Waals surface area contributed by atoms with Gasteiger partial charge in [0.2, 0.25) is 0 Å². The first kappa shape index (κ1) is 15.6. The Bertz CT molecular complexity index is 934. The highest BCUT2D eigenvalue weighted by molar-refractivity contribution is 6.00. The van der Waals surface area contributed by atoms with E-state index in [1.54, 1.807) is 6.20 Å². The molecule has 7 nitrogen and oxygen atoms in total. The molecule has 0 bridgehead atoms. The van der Waals surface area contributed by atoms with Crippen LogP contribution in [-0.2, 0) is 0 Å². The van der Waals surface area contributed by atoms with Crippen LogP contribution >= 0.6 is 0 Å². The number of fused-ring (bicyclic) bond motifs is 1. The second-order valence-corrected chi connectivity index (χ2v) is 6.53. The van der Waals surface area contributed by atoms with Gasteiger partial charge in [-0.25, -0.2) is 9.78 Å². The zero-order chi connectivity index (χ0) is 17.4. The van der Waals surface area contributed by atoms with E-state index in [2.05, 4.69) is 31.5 Å². The van der Waals surface area contributed by atoms with Gasteiger partial charge in [-0.2, -0.15) is 5.10 Å². The number of aromatic nitrogens is 4. The summed E-state index contributed by atoms with van der Waals surface area (Å²) < 4.78 is 0. The Morgan fingerprint density at radius 2 is 2.24 bits per heavy atom. The van der Waals surface area contributed by atoms with Gasteiger partial charge in [-0.05, 0) is 44.0 Å². The van der Waals surface area contributed by atoms with Crippen molar-refractivity contribution in [3.05, 3.63) is 47.7 Å². The monoisotopic (exact) mass is 336 g/mol. The quantitative estimate of drug-likeness (QED) is 0.753. The maximum Gasteiger partial charge on any atom is 0.321 e. The normalized spacial score (nSPS) is 17.2. The number of carbonyl (C=O) groups excluding carboxylic acids is 1. The molecule has 1 atom stereocenters. The molecule has 1 aromatic carbocycles. The molecular weight excluding hydrogens is 316 g/mol. The van der Waals surface area contributed by atoms with Crippen molar-refractivity contribution in [1.29, 1.82) is 0 Å². The van der Waals surface area contributed by atoms with Gasteiger partial charge in [0.25, 0.3) is 0 Å². The minimum atomic E-state index is -0.104. The van der Waals surface area contributed by atoms with Crippen LogP contribution in [0.1, 0.15) is 29.6 Å². The lowest BCUT2D eigenvalue weighted by Crippen LogP contribution is -2.33. The molecule has 3 heterocycles. The van der Waals surface area contributed by atoms with E-state index in [1.165, 1.54) is 0 Å². The molecule has 2 N–H and O–H groups in total. The highest BCUT2D eigenvalue weighted by atomic mass is 16.2. The van der Waals surface area contributed by atoms with E-state index in [4.69, 9.17) is 0 Å². The number of likely N-dealkylation sites (tertiary alicyclic amines) is 1. The standard InChI is InChI=1S/C18H20N6O/c1-11-8-13-4-3-6-19-16(13)15(9-11)21-18(25)24-7-5-14(10-24)17-20-12(2)22-23-17/h3-4,6,8-9,14H,5,7,10H2,1-2H3,(H,21,25)(H,20,22,23). The lowest BCUT2D eigenvalue weighted by molar-refractivity contribution is 0.222. The van der Waals surface area contributed by atoms with Crippen LogP contribution in [0.2, 0.25) is 0 Å². The number of pyridine rings is 1. The minimum absolute atomic E-state index is 0.104. The number of rotatable bonds is 2. The lowest BCUT2D eigenvalue weighted by Gasteiger charge is -2.18. The number of aryl methyl sites for hydroxylation is 2. The number of urea groups is 1. The highest BCUT2D eigenvalue weighted by Crippen LogP contribution is 2.27. The maximum atomic E-state index is 12.7. The Balaban J connectivity index is 1.51. The van der Waals surface area contributed by atoms with Gasteiger partial charge in [-0.3, -0.25) is 10.1 Å². The summed E-state index contributed by atoms with van der Waals surface area (Å²) in [6.07, 6.45) is 2.61. The van der Waals surface area contributed by atoms with Crippen LogP contribution < -0.4 is 5.32 Å². The highest BCUT2D eigenvalue weighted by Gasteiger charge is 2.30. The van der Waals surface area contributed by atoms with Crippen molar-refractivity contribution in [1.82, 2.24) is 25.1 Å². The number of nitrogens with zero attached hydrogens (tertiary/aromatic N) is 4. The van der Waals surface area contributed by atoms with E-state index in [0.717, 1.165) is 40.2 Å². The second-order valence-electron chi connectivity index (χ2n) is 6.53. The Kier molecular flexibility index (Phi) is 3.83. The summed E-state index contributed by atoms with van der Waals surface area (Å²) in [7, 11) is 0. The van der Waals surface area contributed by atoms with Crippen molar-refractivity contribution >= 4 is 22.6 Å². The summed E-state index contributed by atoms with van der Waals surface area (Å²) >= 11 is 0. The van der Waals surface area contributed by atoms with Gasteiger partial charge in [0.05, 0.1) is 11.2 Å².